The van der Waals surface area contributed by atoms with E-state index in [1.165, 1.54) is 19.1 Å². The second kappa shape index (κ2) is 9.82. The molecule has 2 aromatic carbocycles. The molecule has 0 saturated carbocycles. The number of carbonyl (C=O) groups is 1. The first-order valence-electron chi connectivity index (χ1n) is 9.80. The first-order valence-corrected chi connectivity index (χ1v) is 10.2. The Hall–Kier alpha value is -3.80. The van der Waals surface area contributed by atoms with Gasteiger partial charge in [0.1, 0.15) is 29.6 Å². The van der Waals surface area contributed by atoms with Crippen molar-refractivity contribution in [3.8, 4) is 17.2 Å². The van der Waals surface area contributed by atoms with Crippen molar-refractivity contribution in [1.29, 1.82) is 0 Å². The number of alkyl halides is 3. The lowest BCUT2D eigenvalue weighted by Crippen LogP contribution is -2.41. The number of ether oxygens (including phenoxy) is 2. The van der Waals surface area contributed by atoms with Gasteiger partial charge in [0.25, 0.3) is 5.56 Å². The van der Waals surface area contributed by atoms with Crippen molar-refractivity contribution in [3.63, 3.8) is 0 Å². The molecule has 1 atom stereocenters. The molecule has 8 nitrogen and oxygen atoms in total. The number of aromatic nitrogens is 2. The quantitative estimate of drug-likeness (QED) is 0.480. The van der Waals surface area contributed by atoms with E-state index >= 15 is 0 Å². The average molecular weight is 517 g/mol. The van der Waals surface area contributed by atoms with E-state index in [2.05, 4.69) is 0 Å². The number of benzene rings is 2. The predicted octanol–water partition coefficient (Wildman–Crippen LogP) is 3.78. The third-order valence-electron chi connectivity index (χ3n) is 4.81. The predicted molar refractivity (Wildman–Crippen MR) is 116 cm³/mol. The van der Waals surface area contributed by atoms with Crippen molar-refractivity contribution in [2.75, 3.05) is 0 Å². The summed E-state index contributed by atoms with van der Waals surface area (Å²) in [5.41, 5.74) is -4.46. The molecule has 35 heavy (non-hydrogen) atoms. The van der Waals surface area contributed by atoms with Gasteiger partial charge in [-0.3, -0.25) is 9.36 Å². The maximum atomic E-state index is 14.6. The Bertz CT molecular complexity index is 1400. The SMILES string of the molecule is CC(Oc1cccc(COc2cc(-n3c(=O)cc(C(F)(F)F)n(C)c3=O)c(F)cc2Cl)c1)C(=O)O. The second-order valence-electron chi connectivity index (χ2n) is 7.31. The molecular formula is C22H17ClF4N2O6. The van der Waals surface area contributed by atoms with E-state index in [4.69, 9.17) is 26.2 Å². The molecule has 0 bridgehead atoms. The highest BCUT2D eigenvalue weighted by Gasteiger charge is 2.35. The fourth-order valence-corrected chi connectivity index (χ4v) is 3.25. The van der Waals surface area contributed by atoms with Crippen molar-refractivity contribution in [2.24, 2.45) is 7.05 Å². The highest BCUT2D eigenvalue weighted by atomic mass is 35.5. The highest BCUT2D eigenvalue weighted by Crippen LogP contribution is 2.31. The highest BCUT2D eigenvalue weighted by molar-refractivity contribution is 6.32. The van der Waals surface area contributed by atoms with Crippen LogP contribution in [0.2, 0.25) is 5.02 Å². The molecule has 0 saturated heterocycles. The first-order chi connectivity index (χ1) is 16.3. The van der Waals surface area contributed by atoms with Gasteiger partial charge in [-0.2, -0.15) is 13.2 Å². The second-order valence-corrected chi connectivity index (χ2v) is 7.72. The van der Waals surface area contributed by atoms with Crippen LogP contribution in [0, 0.1) is 5.82 Å². The topological polar surface area (TPSA) is 99.8 Å². The van der Waals surface area contributed by atoms with Gasteiger partial charge in [0.2, 0.25) is 0 Å². The third kappa shape index (κ3) is 5.65. The Morgan fingerprint density at radius 3 is 2.49 bits per heavy atom. The number of carboxylic acid groups (broad SMARTS) is 1. The summed E-state index contributed by atoms with van der Waals surface area (Å²) in [6.45, 7) is 1.18. The molecule has 0 aliphatic heterocycles. The van der Waals surface area contributed by atoms with Crippen molar-refractivity contribution in [1.82, 2.24) is 9.13 Å². The van der Waals surface area contributed by atoms with Crippen LogP contribution in [-0.4, -0.2) is 26.3 Å². The summed E-state index contributed by atoms with van der Waals surface area (Å²) in [4.78, 5) is 35.8. The molecule has 1 unspecified atom stereocenters. The minimum absolute atomic E-state index is 0.163. The Kier molecular flexibility index (Phi) is 7.25. The molecule has 186 valence electrons. The van der Waals surface area contributed by atoms with Crippen LogP contribution in [0.5, 0.6) is 11.5 Å². The van der Waals surface area contributed by atoms with E-state index in [0.717, 1.165) is 19.2 Å². The normalized spacial score (nSPS) is 12.3. The average Bonchev–Trinajstić information content (AvgIpc) is 2.76. The summed E-state index contributed by atoms with van der Waals surface area (Å²) in [5.74, 6) is -2.23. The van der Waals surface area contributed by atoms with Crippen LogP contribution in [0.25, 0.3) is 5.69 Å². The van der Waals surface area contributed by atoms with Crippen LogP contribution in [0.3, 0.4) is 0 Å². The molecule has 1 N–H and O–H groups in total. The van der Waals surface area contributed by atoms with Crippen LogP contribution in [0.4, 0.5) is 17.6 Å². The summed E-state index contributed by atoms with van der Waals surface area (Å²) >= 11 is 6.01. The van der Waals surface area contributed by atoms with Gasteiger partial charge in [0, 0.05) is 19.2 Å². The molecule has 0 aliphatic rings. The molecule has 13 heteroatoms. The zero-order chi connectivity index (χ0) is 26.1. The molecule has 1 aromatic heterocycles. The fourth-order valence-electron chi connectivity index (χ4n) is 3.04. The number of aliphatic carboxylic acids is 1. The summed E-state index contributed by atoms with van der Waals surface area (Å²) in [6, 6.07) is 8.06. The van der Waals surface area contributed by atoms with Crippen molar-refractivity contribution >= 4 is 17.6 Å². The number of hydrogen-bond acceptors (Lipinski definition) is 5. The van der Waals surface area contributed by atoms with Gasteiger partial charge in [-0.15, -0.1) is 0 Å². The number of halogens is 5. The van der Waals surface area contributed by atoms with Gasteiger partial charge >= 0.3 is 17.8 Å². The number of hydrogen-bond donors (Lipinski definition) is 1. The standard InChI is InChI=1S/C22H17ClF4N2O6/c1-11(20(31)32)35-13-5-3-4-12(6-13)10-34-17-8-16(15(24)7-14(17)23)29-19(30)9-18(22(25,26)27)28(2)21(29)33/h3-9,11H,10H2,1-2H3,(H,31,32). The molecule has 0 aliphatic carbocycles. The fraction of sp³-hybridized carbons (Fsp3) is 0.227. The third-order valence-corrected chi connectivity index (χ3v) is 5.10. The van der Waals surface area contributed by atoms with E-state index in [-0.39, 0.29) is 38.3 Å². The molecule has 0 fully saturated rings. The Labute approximate surface area is 199 Å². The minimum Gasteiger partial charge on any atom is -0.487 e. The van der Waals surface area contributed by atoms with Crippen molar-refractivity contribution in [2.45, 2.75) is 25.8 Å². The Morgan fingerprint density at radius 1 is 1.17 bits per heavy atom. The lowest BCUT2D eigenvalue weighted by atomic mass is 10.2. The monoisotopic (exact) mass is 516 g/mol. The van der Waals surface area contributed by atoms with Gasteiger partial charge in [0.15, 0.2) is 6.10 Å². The van der Waals surface area contributed by atoms with Gasteiger partial charge in [-0.25, -0.2) is 18.5 Å². The van der Waals surface area contributed by atoms with Crippen LogP contribution < -0.4 is 20.7 Å². The van der Waals surface area contributed by atoms with Crippen LogP contribution >= 0.6 is 11.6 Å². The van der Waals surface area contributed by atoms with E-state index in [9.17, 15) is 31.9 Å². The largest absolute Gasteiger partial charge is 0.487 e. The van der Waals surface area contributed by atoms with Crippen LogP contribution in [-0.2, 0) is 24.6 Å². The lowest BCUT2D eigenvalue weighted by molar-refractivity contribution is -0.144. The van der Waals surface area contributed by atoms with Gasteiger partial charge in [-0.1, -0.05) is 23.7 Å². The van der Waals surface area contributed by atoms with Crippen molar-refractivity contribution in [3.05, 3.63) is 85.4 Å². The minimum atomic E-state index is -4.97. The lowest BCUT2D eigenvalue weighted by Gasteiger charge is -2.16. The zero-order valence-corrected chi connectivity index (χ0v) is 18.9. The smallest absolute Gasteiger partial charge is 0.431 e. The summed E-state index contributed by atoms with van der Waals surface area (Å²) in [6.07, 6.45) is -6.08. The maximum absolute atomic E-state index is 14.6. The Balaban J connectivity index is 1.95. The Morgan fingerprint density at radius 2 is 1.86 bits per heavy atom. The van der Waals surface area contributed by atoms with Crippen molar-refractivity contribution < 1.29 is 36.9 Å². The van der Waals surface area contributed by atoms with E-state index in [0.29, 0.717) is 5.56 Å². The molecule has 0 amide bonds. The summed E-state index contributed by atoms with van der Waals surface area (Å²) in [5, 5.41) is 8.72. The van der Waals surface area contributed by atoms with Crippen LogP contribution in [0.1, 0.15) is 18.2 Å². The van der Waals surface area contributed by atoms with Gasteiger partial charge < -0.3 is 14.6 Å². The molecule has 3 aromatic rings. The molecule has 0 spiro atoms. The molecule has 1 heterocycles. The zero-order valence-electron chi connectivity index (χ0n) is 18.1. The van der Waals surface area contributed by atoms with E-state index in [1.807, 2.05) is 0 Å². The summed E-state index contributed by atoms with van der Waals surface area (Å²) in [7, 11) is 0.798. The molecule has 3 rings (SSSR count). The number of nitrogens with zero attached hydrogens (tertiary/aromatic N) is 2. The van der Waals surface area contributed by atoms with E-state index < -0.39 is 46.7 Å². The van der Waals surface area contributed by atoms with Gasteiger partial charge in [-0.05, 0) is 30.7 Å². The molecular weight excluding hydrogens is 500 g/mol. The summed E-state index contributed by atoms with van der Waals surface area (Å²) < 4.78 is 65.1. The van der Waals surface area contributed by atoms with E-state index in [1.54, 1.807) is 12.1 Å². The first kappa shape index (κ1) is 25.8. The number of carboxylic acids is 1. The molecule has 0 radical (unpaired) electrons. The maximum Gasteiger partial charge on any atom is 0.431 e. The van der Waals surface area contributed by atoms with Crippen LogP contribution in [0.15, 0.2) is 52.1 Å². The van der Waals surface area contributed by atoms with Gasteiger partial charge in [0.05, 0.1) is 10.7 Å². The number of rotatable bonds is 7.